The van der Waals surface area contributed by atoms with Crippen molar-refractivity contribution >= 4 is 43.5 Å². The van der Waals surface area contributed by atoms with E-state index in [-0.39, 0.29) is 0 Å². The fourth-order valence-corrected chi connectivity index (χ4v) is 6.36. The van der Waals surface area contributed by atoms with E-state index in [9.17, 15) is 1.37 Å². The standard InChI is InChI=1S/C35H34NO/c1-22-9-13-28-29-14-12-25-11-10-24-7-5-6-8-27(24)32(25)34(29)37-33(28)31(22)30-21-26(17-20-36(30)4)23-15-18-35(2,3)19-16-23/h5-14,17,20-21,23H,15-16,18-19H2,1-4H3/q+1/i23D. The number of hydrogen-bond donors (Lipinski definition) is 0. The van der Waals surface area contributed by atoms with Crippen molar-refractivity contribution in [3.8, 4) is 11.3 Å². The zero-order valence-electron chi connectivity index (χ0n) is 23.2. The Hall–Kier alpha value is -3.65. The molecule has 0 bridgehead atoms. The molecule has 2 nitrogen and oxygen atoms in total. The van der Waals surface area contributed by atoms with Gasteiger partial charge in [0.25, 0.3) is 0 Å². The average Bonchev–Trinajstić information content (AvgIpc) is 3.29. The Balaban J connectivity index is 1.48. The zero-order chi connectivity index (χ0) is 26.2. The number of aromatic nitrogens is 1. The summed E-state index contributed by atoms with van der Waals surface area (Å²) in [6.07, 6.45) is 6.11. The fraction of sp³-hybridized carbons (Fsp3) is 0.286. The van der Waals surface area contributed by atoms with Gasteiger partial charge >= 0.3 is 0 Å². The molecule has 6 aromatic rings. The van der Waals surface area contributed by atoms with Gasteiger partial charge in [0.1, 0.15) is 18.2 Å². The molecule has 2 heterocycles. The summed E-state index contributed by atoms with van der Waals surface area (Å²) in [4.78, 5) is 0. The third-order valence-corrected chi connectivity index (χ3v) is 8.74. The summed E-state index contributed by atoms with van der Waals surface area (Å²) in [5.74, 6) is -0.538. The second-order valence-corrected chi connectivity index (χ2v) is 11.7. The van der Waals surface area contributed by atoms with Crippen LogP contribution < -0.4 is 4.57 Å². The van der Waals surface area contributed by atoms with E-state index in [0.717, 1.165) is 64.4 Å². The molecule has 184 valence electrons. The molecule has 0 unspecified atom stereocenters. The lowest BCUT2D eigenvalue weighted by molar-refractivity contribution is -0.660. The molecule has 1 saturated carbocycles. The predicted octanol–water partition coefficient (Wildman–Crippen LogP) is 9.38. The highest BCUT2D eigenvalue weighted by atomic mass is 16.3. The summed E-state index contributed by atoms with van der Waals surface area (Å²) < 4.78 is 18.5. The summed E-state index contributed by atoms with van der Waals surface area (Å²) in [7, 11) is 2.10. The molecule has 2 aromatic heterocycles. The van der Waals surface area contributed by atoms with Gasteiger partial charge in [-0.25, -0.2) is 4.57 Å². The topological polar surface area (TPSA) is 17.0 Å². The van der Waals surface area contributed by atoms with Crippen LogP contribution in [0.25, 0.3) is 54.7 Å². The molecule has 0 N–H and O–H groups in total. The van der Waals surface area contributed by atoms with Gasteiger partial charge in [-0.1, -0.05) is 68.4 Å². The van der Waals surface area contributed by atoms with Crippen molar-refractivity contribution in [2.24, 2.45) is 12.5 Å². The number of benzene rings is 4. The molecule has 2 heteroatoms. The third-order valence-electron chi connectivity index (χ3n) is 8.74. The molecule has 1 aliphatic rings. The third kappa shape index (κ3) is 3.57. The second-order valence-electron chi connectivity index (χ2n) is 11.7. The number of rotatable bonds is 2. The molecule has 0 spiro atoms. The maximum absolute atomic E-state index is 9.41. The van der Waals surface area contributed by atoms with Gasteiger partial charge in [0, 0.05) is 29.7 Å². The van der Waals surface area contributed by atoms with Crippen LogP contribution in [0.1, 0.15) is 57.9 Å². The van der Waals surface area contributed by atoms with Crippen LogP contribution in [0.15, 0.2) is 83.4 Å². The molecule has 0 aliphatic heterocycles. The highest BCUT2D eigenvalue weighted by Gasteiger charge is 2.29. The van der Waals surface area contributed by atoms with Crippen molar-refractivity contribution in [1.29, 1.82) is 0 Å². The minimum absolute atomic E-state index is 0.330. The number of pyridine rings is 1. The number of hydrogen-bond acceptors (Lipinski definition) is 1. The van der Waals surface area contributed by atoms with E-state index in [1.54, 1.807) is 0 Å². The number of nitrogens with zero attached hydrogens (tertiary/aromatic N) is 1. The summed E-state index contributed by atoms with van der Waals surface area (Å²) in [5.41, 5.74) is 6.73. The van der Waals surface area contributed by atoms with Gasteiger partial charge in [-0.2, -0.15) is 0 Å². The van der Waals surface area contributed by atoms with Crippen LogP contribution >= 0.6 is 0 Å². The van der Waals surface area contributed by atoms with Crippen molar-refractivity contribution in [2.75, 3.05) is 0 Å². The highest BCUT2D eigenvalue weighted by Crippen LogP contribution is 2.44. The van der Waals surface area contributed by atoms with Crippen LogP contribution in [0.5, 0.6) is 0 Å². The van der Waals surface area contributed by atoms with Gasteiger partial charge in [-0.3, -0.25) is 0 Å². The quantitative estimate of drug-likeness (QED) is 0.176. The van der Waals surface area contributed by atoms with E-state index in [4.69, 9.17) is 4.42 Å². The molecule has 1 fully saturated rings. The molecule has 0 radical (unpaired) electrons. The van der Waals surface area contributed by atoms with Gasteiger partial charge in [-0.15, -0.1) is 0 Å². The van der Waals surface area contributed by atoms with Crippen molar-refractivity contribution in [3.05, 3.63) is 90.1 Å². The Bertz CT molecular complexity index is 1880. The SMILES string of the molecule is [2H]C1(c2cc[n+](C)c(-c3c(C)ccc4c3oc3c4ccc4ccc5ccccc5c43)c2)CCC(C)(C)CC1. The zero-order valence-corrected chi connectivity index (χ0v) is 22.2. The normalized spacial score (nSPS) is 17.6. The molecule has 0 atom stereocenters. The second kappa shape index (κ2) is 8.18. The summed E-state index contributed by atoms with van der Waals surface area (Å²) in [6, 6.07) is 26.2. The maximum atomic E-state index is 9.41. The van der Waals surface area contributed by atoms with E-state index in [1.807, 2.05) is 0 Å². The number of furan rings is 1. The van der Waals surface area contributed by atoms with Crippen LogP contribution in [0, 0.1) is 12.3 Å². The van der Waals surface area contributed by atoms with Crippen molar-refractivity contribution in [1.82, 2.24) is 0 Å². The van der Waals surface area contributed by atoms with Crippen LogP contribution in [-0.2, 0) is 7.05 Å². The van der Waals surface area contributed by atoms with Gasteiger partial charge in [0.05, 0.1) is 5.56 Å². The number of aryl methyl sites for hydroxylation is 2. The summed E-state index contributed by atoms with van der Waals surface area (Å²) >= 11 is 0. The average molecular weight is 486 g/mol. The Labute approximate surface area is 219 Å². The van der Waals surface area contributed by atoms with Crippen molar-refractivity contribution < 1.29 is 10.4 Å². The summed E-state index contributed by atoms with van der Waals surface area (Å²) in [5, 5.41) is 7.10. The van der Waals surface area contributed by atoms with Crippen LogP contribution in [0.2, 0.25) is 0 Å². The lowest BCUT2D eigenvalue weighted by atomic mass is 9.71. The van der Waals surface area contributed by atoms with Crippen LogP contribution in [0.4, 0.5) is 0 Å². The Morgan fingerprint density at radius 1 is 0.838 bits per heavy atom. The highest BCUT2D eigenvalue weighted by molar-refractivity contribution is 6.23. The first-order chi connectivity index (χ1) is 18.2. The van der Waals surface area contributed by atoms with Crippen molar-refractivity contribution in [3.63, 3.8) is 0 Å². The monoisotopic (exact) mass is 485 g/mol. The molecule has 7 rings (SSSR count). The van der Waals surface area contributed by atoms with E-state index in [0.29, 0.717) is 5.41 Å². The minimum atomic E-state index is -0.538. The molecule has 4 aromatic carbocycles. The molecular weight excluding hydrogens is 450 g/mol. The van der Waals surface area contributed by atoms with E-state index in [2.05, 4.69) is 111 Å². The Morgan fingerprint density at radius 2 is 1.54 bits per heavy atom. The lowest BCUT2D eigenvalue weighted by Crippen LogP contribution is -2.31. The van der Waals surface area contributed by atoms with E-state index < -0.39 is 5.89 Å². The molecule has 1 aliphatic carbocycles. The van der Waals surface area contributed by atoms with Gasteiger partial charge in [0.15, 0.2) is 6.20 Å². The fourth-order valence-electron chi connectivity index (χ4n) is 6.36. The van der Waals surface area contributed by atoms with Crippen LogP contribution in [0.3, 0.4) is 0 Å². The molecule has 37 heavy (non-hydrogen) atoms. The first-order valence-electron chi connectivity index (χ1n) is 14.0. The van der Waals surface area contributed by atoms with Gasteiger partial charge < -0.3 is 4.42 Å². The largest absolute Gasteiger partial charge is 0.454 e. The maximum Gasteiger partial charge on any atom is 0.216 e. The van der Waals surface area contributed by atoms with Crippen LogP contribution in [-0.4, -0.2) is 0 Å². The smallest absolute Gasteiger partial charge is 0.216 e. The Morgan fingerprint density at radius 3 is 2.38 bits per heavy atom. The summed E-state index contributed by atoms with van der Waals surface area (Å²) in [6.45, 7) is 6.84. The number of fused-ring (bicyclic) bond motifs is 7. The van der Waals surface area contributed by atoms with Crippen molar-refractivity contribution in [2.45, 2.75) is 52.3 Å². The molecular formula is C35H34NO+. The molecule has 0 saturated heterocycles. The Kier molecular flexibility index (Phi) is 4.74. The first kappa shape index (κ1) is 21.4. The van der Waals surface area contributed by atoms with E-state index in [1.165, 1.54) is 27.1 Å². The van der Waals surface area contributed by atoms with E-state index >= 15 is 0 Å². The predicted molar refractivity (Wildman–Crippen MR) is 155 cm³/mol. The minimum Gasteiger partial charge on any atom is -0.454 e. The molecule has 0 amide bonds. The lowest BCUT2D eigenvalue weighted by Gasteiger charge is -2.34. The van der Waals surface area contributed by atoms with Gasteiger partial charge in [-0.05, 0) is 77.3 Å². The van der Waals surface area contributed by atoms with Gasteiger partial charge in [0.2, 0.25) is 5.69 Å². The first-order valence-corrected chi connectivity index (χ1v) is 13.5.